The van der Waals surface area contributed by atoms with Crippen molar-refractivity contribution < 1.29 is 31.1 Å². The van der Waals surface area contributed by atoms with E-state index in [0.29, 0.717) is 25.1 Å². The molecule has 1 aliphatic heterocycles. The topological polar surface area (TPSA) is 63.7 Å². The Morgan fingerprint density at radius 2 is 1.81 bits per heavy atom. The fourth-order valence-corrected chi connectivity index (χ4v) is 2.54. The van der Waals surface area contributed by atoms with Crippen molar-refractivity contribution in [3.63, 3.8) is 0 Å². The van der Waals surface area contributed by atoms with Gasteiger partial charge in [0, 0.05) is 13.1 Å². The molecule has 0 N–H and O–H groups in total. The number of likely N-dealkylation sites (tertiary alicyclic amines) is 1. The number of benzene rings is 1. The first-order chi connectivity index (χ1) is 9.74. The third-order valence-electron chi connectivity index (χ3n) is 3.05. The first kappa shape index (κ1) is 15.8. The maximum absolute atomic E-state index is 12.4. The highest BCUT2D eigenvalue weighted by Gasteiger charge is 2.46. The van der Waals surface area contributed by atoms with Gasteiger partial charge in [0.15, 0.2) is 0 Å². The van der Waals surface area contributed by atoms with Crippen molar-refractivity contribution in [3.05, 3.63) is 29.8 Å². The zero-order chi connectivity index (χ0) is 15.7. The lowest BCUT2D eigenvalue weighted by Crippen LogP contribution is -2.51. The van der Waals surface area contributed by atoms with Crippen LogP contribution in [0.4, 0.5) is 13.2 Å². The average molecular weight is 323 g/mol. The molecule has 0 unspecified atom stereocenters. The van der Waals surface area contributed by atoms with E-state index >= 15 is 0 Å². The summed E-state index contributed by atoms with van der Waals surface area (Å²) in [7, 11) is -5.31. The van der Waals surface area contributed by atoms with Gasteiger partial charge in [0.1, 0.15) is 0 Å². The average Bonchev–Trinajstić information content (AvgIpc) is 2.36. The lowest BCUT2D eigenvalue weighted by Gasteiger charge is -2.35. The minimum atomic E-state index is -5.31. The number of carbonyl (C=O) groups is 1. The molecule has 1 heterocycles. The van der Waals surface area contributed by atoms with Crippen LogP contribution in [0, 0.1) is 0 Å². The maximum atomic E-state index is 12.4. The van der Waals surface area contributed by atoms with Crippen LogP contribution in [-0.4, -0.2) is 44.4 Å². The molecule has 1 aromatic carbocycles. The number of sulfone groups is 1. The van der Waals surface area contributed by atoms with Gasteiger partial charge in [-0.2, -0.15) is 13.2 Å². The number of hydrogen-bond donors (Lipinski definition) is 0. The fourth-order valence-electron chi connectivity index (χ4n) is 1.77. The van der Waals surface area contributed by atoms with Gasteiger partial charge in [0.25, 0.3) is 9.84 Å². The van der Waals surface area contributed by atoms with Crippen molar-refractivity contribution >= 4 is 16.2 Å². The van der Waals surface area contributed by atoms with Gasteiger partial charge in [0.2, 0.25) is 6.41 Å². The zero-order valence-electron chi connectivity index (χ0n) is 10.7. The van der Waals surface area contributed by atoms with E-state index in [1.807, 2.05) is 0 Å². The number of amides is 1. The third-order valence-corrected chi connectivity index (χ3v) is 4.55. The number of ether oxygens (including phenoxy) is 1. The molecule has 0 bridgehead atoms. The zero-order valence-corrected chi connectivity index (χ0v) is 11.5. The van der Waals surface area contributed by atoms with E-state index in [9.17, 15) is 26.4 Å². The highest BCUT2D eigenvalue weighted by atomic mass is 32.2. The Hall–Kier alpha value is -1.61. The van der Waals surface area contributed by atoms with Crippen LogP contribution in [0.25, 0.3) is 0 Å². The standard InChI is InChI=1S/C12H12F3NO4S/c13-12(14,15)21(18,19)11-3-1-9(2-4-11)7-20-10-5-16(6-10)8-17/h1-4,8,10H,5-7H2. The molecule has 2 rings (SSSR count). The monoisotopic (exact) mass is 323 g/mol. The predicted molar refractivity (Wildman–Crippen MR) is 65.9 cm³/mol. The Bertz CT molecular complexity index is 606. The summed E-state index contributed by atoms with van der Waals surface area (Å²) in [6.45, 7) is 1.10. The second-order valence-electron chi connectivity index (χ2n) is 4.59. The molecule has 1 amide bonds. The van der Waals surface area contributed by atoms with Crippen LogP contribution < -0.4 is 0 Å². The van der Waals surface area contributed by atoms with Crippen molar-refractivity contribution in [2.24, 2.45) is 0 Å². The SMILES string of the molecule is O=CN1CC(OCc2ccc(S(=O)(=O)C(F)(F)F)cc2)C1. The summed E-state index contributed by atoms with van der Waals surface area (Å²) in [6, 6.07) is 4.35. The van der Waals surface area contributed by atoms with E-state index in [-0.39, 0.29) is 12.7 Å². The molecule has 0 atom stereocenters. The van der Waals surface area contributed by atoms with Crippen molar-refractivity contribution in [2.75, 3.05) is 13.1 Å². The summed E-state index contributed by atoms with van der Waals surface area (Å²) in [4.78, 5) is 11.1. The summed E-state index contributed by atoms with van der Waals surface area (Å²) < 4.78 is 64.8. The Morgan fingerprint density at radius 3 is 2.29 bits per heavy atom. The van der Waals surface area contributed by atoms with Crippen LogP contribution >= 0.6 is 0 Å². The number of hydrogen-bond acceptors (Lipinski definition) is 4. The van der Waals surface area contributed by atoms with E-state index in [4.69, 9.17) is 4.74 Å². The largest absolute Gasteiger partial charge is 0.501 e. The number of rotatable bonds is 5. The molecule has 0 saturated carbocycles. The molecular formula is C12H12F3NO4S. The Morgan fingerprint density at radius 1 is 1.24 bits per heavy atom. The molecule has 9 heteroatoms. The van der Waals surface area contributed by atoms with Gasteiger partial charge in [0.05, 0.1) is 17.6 Å². The van der Waals surface area contributed by atoms with Gasteiger partial charge >= 0.3 is 5.51 Å². The van der Waals surface area contributed by atoms with Gasteiger partial charge in [-0.15, -0.1) is 0 Å². The fraction of sp³-hybridized carbons (Fsp3) is 0.417. The van der Waals surface area contributed by atoms with Crippen LogP contribution in [0.3, 0.4) is 0 Å². The summed E-state index contributed by atoms with van der Waals surface area (Å²) in [5, 5.41) is 0. The minimum Gasteiger partial charge on any atom is -0.370 e. The molecule has 0 spiro atoms. The van der Waals surface area contributed by atoms with Crippen molar-refractivity contribution in [3.8, 4) is 0 Å². The Kier molecular flexibility index (Phi) is 4.24. The van der Waals surface area contributed by atoms with Gasteiger partial charge in [-0.1, -0.05) is 12.1 Å². The van der Waals surface area contributed by atoms with E-state index in [1.165, 1.54) is 17.0 Å². The van der Waals surface area contributed by atoms with Crippen molar-refractivity contribution in [1.29, 1.82) is 0 Å². The molecule has 0 radical (unpaired) electrons. The van der Waals surface area contributed by atoms with Crippen molar-refractivity contribution in [2.45, 2.75) is 23.1 Å². The molecule has 1 fully saturated rings. The molecule has 116 valence electrons. The lowest BCUT2D eigenvalue weighted by atomic mass is 10.2. The van der Waals surface area contributed by atoms with Crippen LogP contribution in [0.5, 0.6) is 0 Å². The molecular weight excluding hydrogens is 311 g/mol. The third kappa shape index (κ3) is 3.35. The first-order valence-electron chi connectivity index (χ1n) is 5.95. The van der Waals surface area contributed by atoms with Gasteiger partial charge in [-0.05, 0) is 17.7 Å². The number of alkyl halides is 3. The van der Waals surface area contributed by atoms with E-state index in [0.717, 1.165) is 12.1 Å². The summed E-state index contributed by atoms with van der Waals surface area (Å²) >= 11 is 0. The molecule has 1 aliphatic rings. The number of carbonyl (C=O) groups excluding carboxylic acids is 1. The summed E-state index contributed by atoms with van der Waals surface area (Å²) in [5.74, 6) is 0. The quantitative estimate of drug-likeness (QED) is 0.767. The van der Waals surface area contributed by atoms with Gasteiger partial charge in [-0.3, -0.25) is 4.79 Å². The number of nitrogens with zero attached hydrogens (tertiary/aromatic N) is 1. The van der Waals surface area contributed by atoms with E-state index in [1.54, 1.807) is 0 Å². The lowest BCUT2D eigenvalue weighted by molar-refractivity contribution is -0.132. The minimum absolute atomic E-state index is 0.103. The predicted octanol–water partition coefficient (Wildman–Crippen LogP) is 1.34. The molecule has 5 nitrogen and oxygen atoms in total. The summed E-state index contributed by atoms with van der Waals surface area (Å²) in [6.07, 6.45) is 0.602. The van der Waals surface area contributed by atoms with Crippen LogP contribution in [0.15, 0.2) is 29.2 Å². The van der Waals surface area contributed by atoms with Crippen LogP contribution in [-0.2, 0) is 26.0 Å². The number of halogens is 3. The molecule has 0 aromatic heterocycles. The second kappa shape index (κ2) is 5.64. The second-order valence-corrected chi connectivity index (χ2v) is 6.53. The summed E-state index contributed by atoms with van der Waals surface area (Å²) in [5.41, 5.74) is -4.75. The normalized spacial score (nSPS) is 16.6. The Labute approximate surface area is 119 Å². The highest BCUT2D eigenvalue weighted by Crippen LogP contribution is 2.30. The smallest absolute Gasteiger partial charge is 0.370 e. The van der Waals surface area contributed by atoms with Gasteiger partial charge < -0.3 is 9.64 Å². The van der Waals surface area contributed by atoms with Crippen LogP contribution in [0.2, 0.25) is 0 Å². The molecule has 1 saturated heterocycles. The maximum Gasteiger partial charge on any atom is 0.501 e. The van der Waals surface area contributed by atoms with E-state index in [2.05, 4.69) is 0 Å². The van der Waals surface area contributed by atoms with Crippen LogP contribution in [0.1, 0.15) is 5.56 Å². The molecule has 1 aromatic rings. The van der Waals surface area contributed by atoms with E-state index < -0.39 is 20.2 Å². The first-order valence-corrected chi connectivity index (χ1v) is 7.43. The molecule has 21 heavy (non-hydrogen) atoms. The van der Waals surface area contributed by atoms with Crippen molar-refractivity contribution in [1.82, 2.24) is 4.90 Å². The van der Waals surface area contributed by atoms with Gasteiger partial charge in [-0.25, -0.2) is 8.42 Å². The molecule has 0 aliphatic carbocycles. The Balaban J connectivity index is 1.95. The highest BCUT2D eigenvalue weighted by molar-refractivity contribution is 7.92.